The quantitative estimate of drug-likeness (QED) is 0.666. The molecule has 4 rings (SSSR count). The Kier molecular flexibility index (Phi) is 5.14. The molecule has 4 heteroatoms. The van der Waals surface area contributed by atoms with Crippen LogP contribution in [-0.2, 0) is 6.42 Å². The van der Waals surface area contributed by atoms with Gasteiger partial charge < -0.3 is 5.11 Å². The van der Waals surface area contributed by atoms with Crippen molar-refractivity contribution in [3.63, 3.8) is 0 Å². The van der Waals surface area contributed by atoms with Gasteiger partial charge >= 0.3 is 0 Å². The Morgan fingerprint density at radius 3 is 2.58 bits per heavy atom. The summed E-state index contributed by atoms with van der Waals surface area (Å²) in [5.41, 5.74) is 4.53. The SMILES string of the molecule is CC.Cc1ccc(-n2ncc3c2C=C2CCC(O)(C#CBr)C2(C)C3)cc1. The third-order valence-corrected chi connectivity index (χ3v) is 5.85. The van der Waals surface area contributed by atoms with Gasteiger partial charge in [0.25, 0.3) is 0 Å². The molecule has 2 aliphatic rings. The van der Waals surface area contributed by atoms with E-state index in [-0.39, 0.29) is 5.41 Å². The zero-order valence-corrected chi connectivity index (χ0v) is 17.4. The minimum Gasteiger partial charge on any atom is -0.377 e. The van der Waals surface area contributed by atoms with E-state index in [9.17, 15) is 5.11 Å². The monoisotopic (exact) mass is 412 g/mol. The van der Waals surface area contributed by atoms with Crippen LogP contribution in [0.15, 0.2) is 36.0 Å². The summed E-state index contributed by atoms with van der Waals surface area (Å²) in [6.45, 7) is 8.20. The second-order valence-electron chi connectivity index (χ2n) is 7.06. The largest absolute Gasteiger partial charge is 0.377 e. The maximum absolute atomic E-state index is 11.1. The van der Waals surface area contributed by atoms with Crippen LogP contribution in [0.4, 0.5) is 0 Å². The van der Waals surface area contributed by atoms with Crippen LogP contribution in [0.1, 0.15) is 50.4 Å². The molecular formula is C22H25BrN2O. The van der Waals surface area contributed by atoms with E-state index in [1.165, 1.54) is 16.7 Å². The van der Waals surface area contributed by atoms with Gasteiger partial charge in [0.15, 0.2) is 0 Å². The van der Waals surface area contributed by atoms with Crippen LogP contribution in [-0.4, -0.2) is 20.5 Å². The minimum absolute atomic E-state index is 0.345. The molecule has 3 nitrogen and oxygen atoms in total. The number of fused-ring (bicyclic) bond motifs is 2. The number of benzene rings is 1. The highest BCUT2D eigenvalue weighted by molar-refractivity contribution is 9.12. The fourth-order valence-electron chi connectivity index (χ4n) is 4.02. The third-order valence-electron chi connectivity index (χ3n) is 5.65. The van der Waals surface area contributed by atoms with Gasteiger partial charge in [0.2, 0.25) is 0 Å². The molecule has 0 spiro atoms. The lowest BCUT2D eigenvalue weighted by molar-refractivity contribution is 0.0154. The number of hydrogen-bond acceptors (Lipinski definition) is 2. The Morgan fingerprint density at radius 2 is 1.92 bits per heavy atom. The second-order valence-corrected chi connectivity index (χ2v) is 7.46. The fourth-order valence-corrected chi connectivity index (χ4v) is 4.35. The van der Waals surface area contributed by atoms with E-state index in [1.54, 1.807) is 0 Å². The summed E-state index contributed by atoms with van der Waals surface area (Å²) in [6, 6.07) is 8.39. The van der Waals surface area contributed by atoms with E-state index in [2.05, 4.69) is 76.0 Å². The van der Waals surface area contributed by atoms with Crippen molar-refractivity contribution in [2.75, 3.05) is 0 Å². The Labute approximate surface area is 164 Å². The van der Waals surface area contributed by atoms with Crippen molar-refractivity contribution < 1.29 is 5.11 Å². The average Bonchev–Trinajstić information content (AvgIpc) is 3.15. The summed E-state index contributed by atoms with van der Waals surface area (Å²) < 4.78 is 1.99. The standard InChI is InChI=1S/C20H19BrN2O.C2H6/c1-14-3-5-17(6-4-14)23-18-11-16-7-8-20(24,9-10-21)19(16,2)12-15(18)13-22-23;1-2/h3-6,11,13,24H,7-8,12H2,1-2H3;1-2H3. The topological polar surface area (TPSA) is 38.0 Å². The molecule has 1 fully saturated rings. The van der Waals surface area contributed by atoms with Crippen molar-refractivity contribution in [2.45, 2.75) is 52.6 Å². The van der Waals surface area contributed by atoms with E-state index >= 15 is 0 Å². The third kappa shape index (κ3) is 2.84. The highest BCUT2D eigenvalue weighted by atomic mass is 79.9. The van der Waals surface area contributed by atoms with E-state index < -0.39 is 5.60 Å². The van der Waals surface area contributed by atoms with Crippen molar-refractivity contribution in [1.29, 1.82) is 0 Å². The summed E-state index contributed by atoms with van der Waals surface area (Å²) in [4.78, 5) is 2.73. The van der Waals surface area contributed by atoms with Crippen LogP contribution in [0.5, 0.6) is 0 Å². The molecule has 1 aromatic heterocycles. The Bertz CT molecular complexity index is 900. The van der Waals surface area contributed by atoms with E-state index in [0.717, 1.165) is 24.2 Å². The highest BCUT2D eigenvalue weighted by Gasteiger charge is 2.54. The first-order valence-electron chi connectivity index (χ1n) is 9.17. The lowest BCUT2D eigenvalue weighted by atomic mass is 9.67. The molecule has 1 N–H and O–H groups in total. The lowest BCUT2D eigenvalue weighted by Crippen LogP contribution is -2.44. The van der Waals surface area contributed by atoms with Crippen molar-refractivity contribution in [3.8, 4) is 16.4 Å². The molecular weight excluding hydrogens is 388 g/mol. The van der Waals surface area contributed by atoms with Gasteiger partial charge in [0.1, 0.15) is 5.60 Å². The molecule has 2 aromatic rings. The van der Waals surface area contributed by atoms with E-state index in [0.29, 0.717) is 6.42 Å². The summed E-state index contributed by atoms with van der Waals surface area (Å²) in [6.07, 6.45) is 6.44. The molecule has 0 amide bonds. The van der Waals surface area contributed by atoms with Crippen LogP contribution >= 0.6 is 15.9 Å². The number of hydrogen-bond donors (Lipinski definition) is 1. The zero-order valence-electron chi connectivity index (χ0n) is 15.8. The number of aliphatic hydroxyl groups is 1. The van der Waals surface area contributed by atoms with Crippen LogP contribution < -0.4 is 0 Å². The van der Waals surface area contributed by atoms with Crippen LogP contribution in [0.25, 0.3) is 11.8 Å². The zero-order chi connectivity index (χ0) is 18.9. The van der Waals surface area contributed by atoms with Crippen LogP contribution in [0, 0.1) is 23.1 Å². The Hall–Kier alpha value is -1.83. The van der Waals surface area contributed by atoms with Crippen molar-refractivity contribution in [1.82, 2.24) is 9.78 Å². The van der Waals surface area contributed by atoms with Gasteiger partial charge in [-0.1, -0.05) is 50.0 Å². The fraction of sp³-hybridized carbons (Fsp3) is 0.409. The predicted molar refractivity (Wildman–Crippen MR) is 110 cm³/mol. The number of halogens is 1. The molecule has 1 heterocycles. The summed E-state index contributed by atoms with van der Waals surface area (Å²) >= 11 is 3.15. The van der Waals surface area contributed by atoms with Crippen molar-refractivity contribution >= 4 is 22.0 Å². The van der Waals surface area contributed by atoms with E-state index in [4.69, 9.17) is 0 Å². The molecule has 1 aromatic carbocycles. The van der Waals surface area contributed by atoms with Gasteiger partial charge in [-0.25, -0.2) is 4.68 Å². The minimum atomic E-state index is -0.980. The summed E-state index contributed by atoms with van der Waals surface area (Å²) in [7, 11) is 0. The molecule has 1 saturated carbocycles. The Balaban J connectivity index is 0.000000948. The molecule has 2 aliphatic carbocycles. The summed E-state index contributed by atoms with van der Waals surface area (Å²) in [5.74, 6) is 2.99. The molecule has 2 atom stereocenters. The smallest absolute Gasteiger partial charge is 0.136 e. The number of aromatic nitrogens is 2. The first-order chi connectivity index (χ1) is 12.5. The van der Waals surface area contributed by atoms with Gasteiger partial charge in [0.05, 0.1) is 17.6 Å². The first-order valence-corrected chi connectivity index (χ1v) is 9.96. The number of rotatable bonds is 1. The lowest BCUT2D eigenvalue weighted by Gasteiger charge is -2.39. The average molecular weight is 413 g/mol. The molecule has 0 bridgehead atoms. The van der Waals surface area contributed by atoms with Gasteiger partial charge in [-0.15, -0.1) is 0 Å². The van der Waals surface area contributed by atoms with Crippen LogP contribution in [0.3, 0.4) is 0 Å². The molecule has 136 valence electrons. The molecule has 26 heavy (non-hydrogen) atoms. The Morgan fingerprint density at radius 1 is 1.23 bits per heavy atom. The highest BCUT2D eigenvalue weighted by Crippen LogP contribution is 2.55. The maximum Gasteiger partial charge on any atom is 0.136 e. The first kappa shape index (κ1) is 18.9. The number of nitrogens with zero attached hydrogens (tertiary/aromatic N) is 2. The second kappa shape index (κ2) is 7.06. The van der Waals surface area contributed by atoms with Gasteiger partial charge in [-0.05, 0) is 54.8 Å². The van der Waals surface area contributed by atoms with E-state index in [1.807, 2.05) is 24.7 Å². The number of aryl methyl sites for hydroxylation is 1. The molecule has 2 unspecified atom stereocenters. The maximum atomic E-state index is 11.1. The molecule has 0 radical (unpaired) electrons. The molecule has 0 aliphatic heterocycles. The molecule has 0 saturated heterocycles. The van der Waals surface area contributed by atoms with Gasteiger partial charge in [-0.3, -0.25) is 0 Å². The summed E-state index contributed by atoms with van der Waals surface area (Å²) in [5, 5.41) is 15.6. The normalized spacial score (nSPS) is 25.8. The van der Waals surface area contributed by atoms with Gasteiger partial charge in [0, 0.05) is 21.3 Å². The predicted octanol–water partition coefficient (Wildman–Crippen LogP) is 5.03. The van der Waals surface area contributed by atoms with Crippen LogP contribution in [0.2, 0.25) is 0 Å². The van der Waals surface area contributed by atoms with Crippen molar-refractivity contribution in [3.05, 3.63) is 52.9 Å². The van der Waals surface area contributed by atoms with Gasteiger partial charge in [-0.2, -0.15) is 5.10 Å². The van der Waals surface area contributed by atoms with Crippen molar-refractivity contribution in [2.24, 2.45) is 5.41 Å².